The molecule has 0 radical (unpaired) electrons. The maximum absolute atomic E-state index is 15.4. The number of hydrogen-bond donors (Lipinski definition) is 2. The summed E-state index contributed by atoms with van der Waals surface area (Å²) in [5, 5.41) is 3.64. The van der Waals surface area contributed by atoms with Gasteiger partial charge in [0.15, 0.2) is 11.5 Å². The number of amides is 1. The first-order valence-corrected chi connectivity index (χ1v) is 15.9. The highest BCUT2D eigenvalue weighted by Gasteiger charge is 2.55. The van der Waals surface area contributed by atoms with E-state index < -0.39 is 24.3 Å². The Morgan fingerprint density at radius 1 is 1.00 bits per heavy atom. The predicted molar refractivity (Wildman–Crippen MR) is 172 cm³/mol. The zero-order chi connectivity index (χ0) is 32.8. The number of quaternary nitrogens is 1. The highest BCUT2D eigenvalue weighted by Crippen LogP contribution is 2.41. The third kappa shape index (κ3) is 7.14. The number of nitrogens with two attached hydrogens (primary N) is 1. The molecule has 5 rings (SSSR count). The highest BCUT2D eigenvalue weighted by molar-refractivity contribution is 6.03. The van der Waals surface area contributed by atoms with Gasteiger partial charge in [0.25, 0.3) is 0 Å². The van der Waals surface area contributed by atoms with Crippen molar-refractivity contribution in [2.24, 2.45) is 11.7 Å². The Morgan fingerprint density at radius 2 is 1.74 bits per heavy atom. The molecule has 0 bridgehead atoms. The smallest absolute Gasteiger partial charge is 0.387 e. The zero-order valence-corrected chi connectivity index (χ0v) is 26.2. The third-order valence-corrected chi connectivity index (χ3v) is 9.43. The molecule has 1 aliphatic heterocycles. The largest absolute Gasteiger partial charge is 0.493 e. The molecule has 1 amide bonds. The van der Waals surface area contributed by atoms with Crippen molar-refractivity contribution in [3.05, 3.63) is 95.1 Å². The first-order chi connectivity index (χ1) is 22.1. The van der Waals surface area contributed by atoms with Crippen molar-refractivity contribution in [1.82, 2.24) is 9.80 Å². The summed E-state index contributed by atoms with van der Waals surface area (Å²) >= 11 is 0. The minimum absolute atomic E-state index is 0.00593. The van der Waals surface area contributed by atoms with Gasteiger partial charge in [-0.1, -0.05) is 31.0 Å². The molecule has 3 aromatic rings. The van der Waals surface area contributed by atoms with Crippen LogP contribution in [0, 0.1) is 17.6 Å². The van der Waals surface area contributed by atoms with E-state index in [0.29, 0.717) is 11.3 Å². The molecule has 6 nitrogen and oxygen atoms in total. The monoisotopic (exact) mass is 640 g/mol. The van der Waals surface area contributed by atoms with Crippen LogP contribution < -0.4 is 25.0 Å². The van der Waals surface area contributed by atoms with Gasteiger partial charge < -0.3 is 20.5 Å². The summed E-state index contributed by atoms with van der Waals surface area (Å²) in [5.41, 5.74) is 9.08. The van der Waals surface area contributed by atoms with Crippen LogP contribution in [0.4, 0.5) is 23.2 Å². The number of carbonyl (C=O) groups excluding carboxylic acids is 1. The van der Waals surface area contributed by atoms with Crippen LogP contribution in [0.1, 0.15) is 61.4 Å². The lowest BCUT2D eigenvalue weighted by molar-refractivity contribution is -0.0512. The first kappa shape index (κ1) is 33.6. The van der Waals surface area contributed by atoms with Crippen LogP contribution >= 0.6 is 0 Å². The van der Waals surface area contributed by atoms with Crippen LogP contribution in [0.5, 0.6) is 11.5 Å². The maximum atomic E-state index is 15.4. The van der Waals surface area contributed by atoms with E-state index in [1.807, 2.05) is 37.3 Å². The number of nitrogens with one attached hydrogen (secondary N) is 1. The van der Waals surface area contributed by atoms with Crippen LogP contribution in [0.25, 0.3) is 6.08 Å². The van der Waals surface area contributed by atoms with E-state index in [0.717, 1.165) is 51.1 Å². The highest BCUT2D eigenvalue weighted by atomic mass is 19.3. The molecule has 0 aromatic heterocycles. The molecular formula is C36H42F4N3O3+. The van der Waals surface area contributed by atoms with Gasteiger partial charge in [0, 0.05) is 17.7 Å². The summed E-state index contributed by atoms with van der Waals surface area (Å²) in [6, 6.07) is 16.1. The zero-order valence-electron chi connectivity index (χ0n) is 26.2. The summed E-state index contributed by atoms with van der Waals surface area (Å²) in [7, 11) is 1.33. The molecule has 1 heterocycles. The number of carbonyl (C=O) groups is 1. The normalized spacial score (nSPS) is 20.0. The summed E-state index contributed by atoms with van der Waals surface area (Å²) in [4.78, 5) is 15.4. The van der Waals surface area contributed by atoms with Crippen molar-refractivity contribution in [3.63, 3.8) is 0 Å². The van der Waals surface area contributed by atoms with Crippen molar-refractivity contribution in [2.45, 2.75) is 70.2 Å². The Balaban J connectivity index is 1.74. The van der Waals surface area contributed by atoms with E-state index in [4.69, 9.17) is 10.5 Å². The number of benzene rings is 3. The topological polar surface area (TPSA) is 73.6 Å². The Bertz CT molecular complexity index is 1520. The second-order valence-corrected chi connectivity index (χ2v) is 12.4. The molecule has 4 atom stereocenters. The van der Waals surface area contributed by atoms with Crippen LogP contribution in [0.3, 0.4) is 0 Å². The molecule has 2 aliphatic rings. The maximum Gasteiger partial charge on any atom is 0.387 e. The van der Waals surface area contributed by atoms with Crippen molar-refractivity contribution in [3.8, 4) is 11.5 Å². The quantitative estimate of drug-likeness (QED) is 0.159. The average molecular weight is 641 g/mol. The molecule has 46 heavy (non-hydrogen) atoms. The molecular weight excluding hydrogens is 598 g/mol. The summed E-state index contributed by atoms with van der Waals surface area (Å²) < 4.78 is 64.8. The van der Waals surface area contributed by atoms with E-state index in [2.05, 4.69) is 10.1 Å². The Hall–Kier alpha value is -3.73. The van der Waals surface area contributed by atoms with Crippen molar-refractivity contribution >= 4 is 17.7 Å². The van der Waals surface area contributed by atoms with Crippen molar-refractivity contribution in [2.75, 3.05) is 20.2 Å². The number of methoxy groups -OCH3 is 1. The minimum Gasteiger partial charge on any atom is -0.493 e. The van der Waals surface area contributed by atoms with Crippen LogP contribution in [-0.2, 0) is 0 Å². The molecule has 246 valence electrons. The fourth-order valence-electron chi connectivity index (χ4n) is 7.43. The average Bonchev–Trinajstić information content (AvgIpc) is 3.78. The van der Waals surface area contributed by atoms with Gasteiger partial charge in [-0.15, -0.1) is 0 Å². The van der Waals surface area contributed by atoms with Gasteiger partial charge in [-0.2, -0.15) is 8.78 Å². The van der Waals surface area contributed by atoms with Gasteiger partial charge in [0.05, 0.1) is 24.8 Å². The van der Waals surface area contributed by atoms with E-state index in [1.165, 1.54) is 37.4 Å². The van der Waals surface area contributed by atoms with Crippen LogP contribution in [-0.4, -0.2) is 50.8 Å². The van der Waals surface area contributed by atoms with Gasteiger partial charge in [-0.3, -0.25) is 0 Å². The van der Waals surface area contributed by atoms with Gasteiger partial charge in [-0.05, 0) is 93.1 Å². The predicted octanol–water partition coefficient (Wildman–Crippen LogP) is 7.46. The van der Waals surface area contributed by atoms with E-state index in [1.54, 1.807) is 6.08 Å². The van der Waals surface area contributed by atoms with E-state index >= 15 is 4.79 Å². The molecule has 1 saturated carbocycles. The number of halogens is 4. The molecule has 1 aliphatic carbocycles. The van der Waals surface area contributed by atoms with Crippen LogP contribution in [0.2, 0.25) is 0 Å². The van der Waals surface area contributed by atoms with E-state index in [9.17, 15) is 17.6 Å². The van der Waals surface area contributed by atoms with Gasteiger partial charge in [0.1, 0.15) is 29.9 Å². The summed E-state index contributed by atoms with van der Waals surface area (Å²) in [5.74, 6) is -1.70. The Kier molecular flexibility index (Phi) is 10.8. The first-order valence-electron chi connectivity index (χ1n) is 15.9. The van der Waals surface area contributed by atoms with Crippen molar-refractivity contribution < 1.29 is 31.8 Å². The fourth-order valence-corrected chi connectivity index (χ4v) is 7.43. The van der Waals surface area contributed by atoms with Gasteiger partial charge in [0.2, 0.25) is 0 Å². The second-order valence-electron chi connectivity index (χ2n) is 12.4. The molecule has 3 N–H and O–H groups in total. The van der Waals surface area contributed by atoms with Crippen molar-refractivity contribution in [1.29, 1.82) is 0 Å². The summed E-state index contributed by atoms with van der Waals surface area (Å²) in [6.07, 6.45) is 7.41. The number of rotatable bonds is 12. The minimum atomic E-state index is -3.07. The second kappa shape index (κ2) is 14.8. The lowest BCUT2D eigenvalue weighted by Crippen LogP contribution is -2.72. The van der Waals surface area contributed by atoms with Crippen LogP contribution in [0.15, 0.2) is 72.3 Å². The SMILES string of the molecule is COc1cc(C(=O)[N+](CC(C)=Cc2ccc(F)cc2F)(c2ccccc2)C(C2CCCN2)C(N)C2CCCC2)ccc1OC(F)F. The number of nitrogens with zero attached hydrogens (tertiary/aromatic N) is 1. The third-order valence-electron chi connectivity index (χ3n) is 9.43. The molecule has 3 aromatic carbocycles. The summed E-state index contributed by atoms with van der Waals surface area (Å²) in [6.45, 7) is -0.339. The number of para-hydroxylation sites is 1. The number of alkyl halides is 2. The lowest BCUT2D eigenvalue weighted by atomic mass is 9.83. The number of hydrogen-bond acceptors (Lipinski definition) is 5. The van der Waals surface area contributed by atoms with Gasteiger partial charge in [-0.25, -0.2) is 18.1 Å². The molecule has 1 saturated heterocycles. The lowest BCUT2D eigenvalue weighted by Gasteiger charge is -2.48. The Morgan fingerprint density at radius 3 is 2.37 bits per heavy atom. The van der Waals surface area contributed by atoms with Gasteiger partial charge >= 0.3 is 12.5 Å². The molecule has 4 unspecified atom stereocenters. The fraction of sp³-hybridized carbons (Fsp3) is 0.417. The van der Waals surface area contributed by atoms with E-state index in [-0.39, 0.29) is 57.6 Å². The Labute approximate surface area is 267 Å². The molecule has 0 spiro atoms. The molecule has 2 fully saturated rings. The standard InChI is InChI=1S/C36H42F4N3O3/c1-23(19-25-14-16-27(37)21-29(25)38)22-43(28-11-4-3-5-12-28,34(30-13-8-18-42-30)33(41)24-9-6-7-10-24)35(44)26-15-17-31(46-36(39)40)32(20-26)45-2/h3-5,11-12,14-17,19-21,24,30,33-34,36,42H,6-10,13,18,22,41H2,1-2H3/q+1. The number of ether oxygens (including phenoxy) is 2. The molecule has 10 heteroatoms.